The highest BCUT2D eigenvalue weighted by Crippen LogP contribution is 2.38. The molecular weight excluding hydrogens is 196 g/mol. The Kier molecular flexibility index (Phi) is 4.06. The molecule has 2 nitrogen and oxygen atoms in total. The first-order valence-corrected chi connectivity index (χ1v) is 6.36. The Morgan fingerprint density at radius 3 is 2.19 bits per heavy atom. The van der Waals surface area contributed by atoms with Crippen LogP contribution >= 0.6 is 0 Å². The average Bonchev–Trinajstić information content (AvgIpc) is 2.17. The van der Waals surface area contributed by atoms with E-state index in [2.05, 4.69) is 64.8 Å². The standard InChI is InChI=1S/C14H28N2/c1-11(2)12-8-9-14(3,16(6)7)13(10-12)15(4)5/h10-12H,8-9H2,1-7H3. The summed E-state index contributed by atoms with van der Waals surface area (Å²) in [6, 6.07) is 0. The lowest BCUT2D eigenvalue weighted by molar-refractivity contribution is 0.138. The van der Waals surface area contributed by atoms with E-state index in [1.165, 1.54) is 18.5 Å². The van der Waals surface area contributed by atoms with Gasteiger partial charge in [-0.15, -0.1) is 0 Å². The quantitative estimate of drug-likeness (QED) is 0.727. The maximum Gasteiger partial charge on any atom is 0.0573 e. The molecule has 1 aliphatic carbocycles. The lowest BCUT2D eigenvalue weighted by atomic mass is 9.76. The van der Waals surface area contributed by atoms with E-state index in [0.29, 0.717) is 0 Å². The second-order valence-corrected chi connectivity index (χ2v) is 6.06. The summed E-state index contributed by atoms with van der Waals surface area (Å²) in [5.74, 6) is 1.49. The molecule has 1 rings (SSSR count). The Hall–Kier alpha value is -0.500. The number of allylic oxidation sites excluding steroid dienone is 1. The Balaban J connectivity index is 3.04. The Bertz CT molecular complexity index is 266. The van der Waals surface area contributed by atoms with Crippen molar-refractivity contribution in [3.63, 3.8) is 0 Å². The van der Waals surface area contributed by atoms with Crippen LogP contribution in [0.4, 0.5) is 0 Å². The van der Waals surface area contributed by atoms with E-state index < -0.39 is 0 Å². The van der Waals surface area contributed by atoms with Crippen molar-refractivity contribution in [2.45, 2.75) is 39.2 Å². The van der Waals surface area contributed by atoms with Gasteiger partial charge >= 0.3 is 0 Å². The Morgan fingerprint density at radius 2 is 1.81 bits per heavy atom. The van der Waals surface area contributed by atoms with E-state index in [4.69, 9.17) is 0 Å². The molecule has 0 N–H and O–H groups in total. The second-order valence-electron chi connectivity index (χ2n) is 6.06. The molecule has 0 saturated heterocycles. The largest absolute Gasteiger partial charge is 0.380 e. The molecule has 0 saturated carbocycles. The monoisotopic (exact) mass is 224 g/mol. The van der Waals surface area contributed by atoms with Crippen molar-refractivity contribution in [2.24, 2.45) is 11.8 Å². The van der Waals surface area contributed by atoms with Gasteiger partial charge in [0.2, 0.25) is 0 Å². The van der Waals surface area contributed by atoms with E-state index in [1.807, 2.05) is 0 Å². The van der Waals surface area contributed by atoms with Crippen LogP contribution in [0, 0.1) is 11.8 Å². The summed E-state index contributed by atoms with van der Waals surface area (Å²) in [6.07, 6.45) is 5.06. The van der Waals surface area contributed by atoms with Crippen molar-refractivity contribution in [2.75, 3.05) is 28.2 Å². The fourth-order valence-corrected chi connectivity index (χ4v) is 2.65. The summed E-state index contributed by atoms with van der Waals surface area (Å²) < 4.78 is 0. The molecule has 0 heterocycles. The zero-order valence-electron chi connectivity index (χ0n) is 12.0. The molecule has 0 aliphatic heterocycles. The fraction of sp³-hybridized carbons (Fsp3) is 0.857. The summed E-state index contributed by atoms with van der Waals surface area (Å²) in [5, 5.41) is 0. The molecule has 0 bridgehead atoms. The van der Waals surface area contributed by atoms with Gasteiger partial charge in [0.1, 0.15) is 0 Å². The van der Waals surface area contributed by atoms with Gasteiger partial charge in [-0.1, -0.05) is 19.9 Å². The predicted molar refractivity (Wildman–Crippen MR) is 71.4 cm³/mol. The first kappa shape index (κ1) is 13.6. The minimum Gasteiger partial charge on any atom is -0.380 e. The van der Waals surface area contributed by atoms with Crippen molar-refractivity contribution in [3.8, 4) is 0 Å². The number of hydrogen-bond donors (Lipinski definition) is 0. The highest BCUT2D eigenvalue weighted by atomic mass is 15.2. The second kappa shape index (κ2) is 4.79. The molecule has 0 aromatic carbocycles. The lowest BCUT2D eigenvalue weighted by Gasteiger charge is -2.46. The first-order chi connectivity index (χ1) is 7.29. The highest BCUT2D eigenvalue weighted by molar-refractivity contribution is 5.22. The van der Waals surface area contributed by atoms with Crippen LogP contribution in [-0.2, 0) is 0 Å². The van der Waals surface area contributed by atoms with Crippen molar-refractivity contribution < 1.29 is 0 Å². The summed E-state index contributed by atoms with van der Waals surface area (Å²) in [7, 11) is 8.70. The van der Waals surface area contributed by atoms with E-state index in [9.17, 15) is 0 Å². The molecule has 1 aliphatic rings. The van der Waals surface area contributed by atoms with E-state index in [1.54, 1.807) is 0 Å². The molecule has 0 spiro atoms. The van der Waals surface area contributed by atoms with Crippen molar-refractivity contribution in [3.05, 3.63) is 11.8 Å². The number of rotatable bonds is 3. The van der Waals surface area contributed by atoms with Gasteiger partial charge in [0.25, 0.3) is 0 Å². The van der Waals surface area contributed by atoms with Crippen molar-refractivity contribution in [1.82, 2.24) is 9.80 Å². The smallest absolute Gasteiger partial charge is 0.0573 e. The van der Waals surface area contributed by atoms with Gasteiger partial charge in [-0.05, 0) is 45.7 Å². The van der Waals surface area contributed by atoms with Gasteiger partial charge in [-0.25, -0.2) is 0 Å². The third-order valence-electron chi connectivity index (χ3n) is 4.21. The first-order valence-electron chi connectivity index (χ1n) is 6.36. The zero-order chi connectivity index (χ0) is 12.5. The van der Waals surface area contributed by atoms with Crippen LogP contribution in [0.2, 0.25) is 0 Å². The minimum atomic E-state index is 0.203. The average molecular weight is 224 g/mol. The molecule has 0 amide bonds. The van der Waals surface area contributed by atoms with Gasteiger partial charge in [0, 0.05) is 19.8 Å². The van der Waals surface area contributed by atoms with Crippen molar-refractivity contribution in [1.29, 1.82) is 0 Å². The highest BCUT2D eigenvalue weighted by Gasteiger charge is 2.37. The molecule has 94 valence electrons. The van der Waals surface area contributed by atoms with Gasteiger partial charge in [0.15, 0.2) is 0 Å². The van der Waals surface area contributed by atoms with Crippen LogP contribution in [0.3, 0.4) is 0 Å². The SMILES string of the molecule is CC(C)C1C=C(N(C)C)C(C)(N(C)C)CC1. The van der Waals surface area contributed by atoms with Crippen molar-refractivity contribution >= 4 is 0 Å². The normalized spacial score (nSPS) is 30.8. The number of hydrogen-bond acceptors (Lipinski definition) is 2. The topological polar surface area (TPSA) is 6.48 Å². The maximum atomic E-state index is 2.49. The molecule has 0 fully saturated rings. The zero-order valence-corrected chi connectivity index (χ0v) is 12.0. The summed E-state index contributed by atoms with van der Waals surface area (Å²) in [4.78, 5) is 4.64. The molecule has 2 heteroatoms. The third kappa shape index (κ3) is 2.42. The summed E-state index contributed by atoms with van der Waals surface area (Å²) >= 11 is 0. The van der Waals surface area contributed by atoms with Gasteiger partial charge in [-0.2, -0.15) is 0 Å². The number of nitrogens with zero attached hydrogens (tertiary/aromatic N) is 2. The van der Waals surface area contributed by atoms with Crippen LogP contribution in [-0.4, -0.2) is 43.5 Å². The van der Waals surface area contributed by atoms with Crippen LogP contribution < -0.4 is 0 Å². The summed E-state index contributed by atoms with van der Waals surface area (Å²) in [5.41, 5.74) is 1.68. The van der Waals surface area contributed by atoms with E-state index in [-0.39, 0.29) is 5.54 Å². The van der Waals surface area contributed by atoms with Gasteiger partial charge in [0.05, 0.1) is 5.54 Å². The summed E-state index contributed by atoms with van der Waals surface area (Å²) in [6.45, 7) is 7.01. The van der Waals surface area contributed by atoms with Gasteiger partial charge in [-0.3, -0.25) is 4.90 Å². The Morgan fingerprint density at radius 1 is 1.25 bits per heavy atom. The van der Waals surface area contributed by atoms with Gasteiger partial charge < -0.3 is 4.90 Å². The third-order valence-corrected chi connectivity index (χ3v) is 4.21. The van der Waals surface area contributed by atoms with Crippen LogP contribution in [0.25, 0.3) is 0 Å². The molecule has 0 aromatic heterocycles. The fourth-order valence-electron chi connectivity index (χ4n) is 2.65. The van der Waals surface area contributed by atoms with Crippen LogP contribution in [0.1, 0.15) is 33.6 Å². The van der Waals surface area contributed by atoms with Crippen LogP contribution in [0.15, 0.2) is 11.8 Å². The lowest BCUT2D eigenvalue weighted by Crippen LogP contribution is -2.49. The molecule has 2 unspecified atom stereocenters. The number of likely N-dealkylation sites (N-methyl/N-ethyl adjacent to an activating group) is 2. The Labute approximate surface area is 101 Å². The molecule has 0 aromatic rings. The molecular formula is C14H28N2. The molecule has 0 radical (unpaired) electrons. The molecule has 2 atom stereocenters. The maximum absolute atomic E-state index is 2.49. The predicted octanol–water partition coefficient (Wildman–Crippen LogP) is 2.82. The van der Waals surface area contributed by atoms with Crippen LogP contribution in [0.5, 0.6) is 0 Å². The molecule has 16 heavy (non-hydrogen) atoms. The minimum absolute atomic E-state index is 0.203. The van der Waals surface area contributed by atoms with E-state index in [0.717, 1.165) is 11.8 Å². The van der Waals surface area contributed by atoms with E-state index >= 15 is 0 Å².